The summed E-state index contributed by atoms with van der Waals surface area (Å²) < 4.78 is 55.8. The summed E-state index contributed by atoms with van der Waals surface area (Å²) in [7, 11) is -1.91. The molecule has 2 aromatic carbocycles. The molecule has 0 saturated heterocycles. The van der Waals surface area contributed by atoms with Gasteiger partial charge < -0.3 is 4.90 Å². The molecule has 0 bridgehead atoms. The highest BCUT2D eigenvalue weighted by Gasteiger charge is 2.38. The van der Waals surface area contributed by atoms with Crippen LogP contribution in [0.15, 0.2) is 57.9 Å². The van der Waals surface area contributed by atoms with E-state index in [1.807, 2.05) is 20.8 Å². The van der Waals surface area contributed by atoms with Crippen LogP contribution < -0.4 is 0 Å². The number of aldehydes is 1. The summed E-state index contributed by atoms with van der Waals surface area (Å²) in [5.74, 6) is -1.18. The minimum Gasteiger partial charge on any atom is -0.332 e. The van der Waals surface area contributed by atoms with Gasteiger partial charge in [-0.05, 0) is 50.5 Å². The van der Waals surface area contributed by atoms with Crippen LogP contribution >= 0.6 is 0 Å². The van der Waals surface area contributed by atoms with Gasteiger partial charge in [0, 0.05) is 37.3 Å². The highest BCUT2D eigenvalue weighted by Crippen LogP contribution is 2.38. The van der Waals surface area contributed by atoms with Gasteiger partial charge >= 0.3 is 0 Å². The largest absolute Gasteiger partial charge is 0.332 e. The molecule has 0 amide bonds. The maximum Gasteiger partial charge on any atom is 0.243 e. The number of aliphatic imine (C=N–C) groups is 1. The molecule has 0 fully saturated rings. The van der Waals surface area contributed by atoms with Crippen LogP contribution in [0.1, 0.15) is 57.6 Å². The zero-order valence-corrected chi connectivity index (χ0v) is 22.1. The Labute approximate surface area is 212 Å². The predicted octanol–water partition coefficient (Wildman–Crippen LogP) is 5.22. The maximum absolute atomic E-state index is 14.6. The van der Waals surface area contributed by atoms with E-state index in [4.69, 9.17) is 0 Å². The summed E-state index contributed by atoms with van der Waals surface area (Å²) in [6, 6.07) is 9.67. The molecule has 0 aromatic heterocycles. The zero-order chi connectivity index (χ0) is 26.6. The Balaban J connectivity index is 1.97. The van der Waals surface area contributed by atoms with E-state index in [1.54, 1.807) is 31.0 Å². The van der Waals surface area contributed by atoms with Crippen LogP contribution in [0.2, 0.25) is 0 Å². The third kappa shape index (κ3) is 5.42. The number of amidine groups is 1. The van der Waals surface area contributed by atoms with Gasteiger partial charge in [-0.15, -0.1) is 0 Å². The number of likely N-dealkylation sites (N-methyl/N-ethyl adjacent to an activating group) is 1. The molecule has 6 nitrogen and oxygen atoms in total. The first-order chi connectivity index (χ1) is 17.1. The number of rotatable bonds is 10. The molecule has 1 aliphatic heterocycles. The van der Waals surface area contributed by atoms with Crippen LogP contribution in [-0.4, -0.2) is 55.9 Å². The number of allylic oxidation sites excluding steroid dienone is 1. The van der Waals surface area contributed by atoms with Gasteiger partial charge in [-0.3, -0.25) is 9.79 Å². The molecular formula is C27H33F2N3O3S. The first-order valence-corrected chi connectivity index (χ1v) is 13.5. The maximum atomic E-state index is 14.6. The van der Waals surface area contributed by atoms with Crippen LogP contribution in [-0.2, 0) is 14.8 Å². The van der Waals surface area contributed by atoms with Crippen LogP contribution in [0, 0.1) is 11.6 Å². The van der Waals surface area contributed by atoms with Crippen molar-refractivity contribution < 1.29 is 22.0 Å². The van der Waals surface area contributed by atoms with Crippen molar-refractivity contribution in [2.24, 2.45) is 4.99 Å². The average molecular weight is 518 g/mol. The summed E-state index contributed by atoms with van der Waals surface area (Å²) in [6.07, 6.45) is 2.14. The van der Waals surface area contributed by atoms with Crippen molar-refractivity contribution >= 4 is 27.8 Å². The molecule has 1 aliphatic rings. The normalized spacial score (nSPS) is 18.4. The Kier molecular flexibility index (Phi) is 8.79. The summed E-state index contributed by atoms with van der Waals surface area (Å²) in [5, 5.41) is 0. The second-order valence-electron chi connectivity index (χ2n) is 9.01. The van der Waals surface area contributed by atoms with Crippen LogP contribution in [0.4, 0.5) is 8.78 Å². The molecule has 2 unspecified atom stereocenters. The number of benzene rings is 2. The van der Waals surface area contributed by atoms with Crippen molar-refractivity contribution in [2.45, 2.75) is 57.4 Å². The van der Waals surface area contributed by atoms with Gasteiger partial charge in [-0.2, -0.15) is 4.31 Å². The first kappa shape index (κ1) is 27.7. The highest BCUT2D eigenvalue weighted by atomic mass is 32.2. The minimum atomic E-state index is -3.65. The molecule has 0 spiro atoms. The molecule has 0 aliphatic carbocycles. The Morgan fingerprint density at radius 3 is 2.17 bits per heavy atom. The number of hydrogen-bond donors (Lipinski definition) is 0. The van der Waals surface area contributed by atoms with Gasteiger partial charge in [0.2, 0.25) is 10.0 Å². The van der Waals surface area contributed by atoms with E-state index in [0.29, 0.717) is 54.2 Å². The molecular weight excluding hydrogens is 484 g/mol. The van der Waals surface area contributed by atoms with Crippen molar-refractivity contribution in [1.82, 2.24) is 9.21 Å². The van der Waals surface area contributed by atoms with Crippen molar-refractivity contribution in [3.63, 3.8) is 0 Å². The summed E-state index contributed by atoms with van der Waals surface area (Å²) >= 11 is 0. The second-order valence-corrected chi connectivity index (χ2v) is 10.9. The highest BCUT2D eigenvalue weighted by molar-refractivity contribution is 7.89. The Bertz CT molecular complexity index is 1270. The quantitative estimate of drug-likeness (QED) is 0.320. The number of carbonyl (C=O) groups excluding carboxylic acids is 1. The fourth-order valence-corrected chi connectivity index (χ4v) is 6.21. The smallest absolute Gasteiger partial charge is 0.243 e. The summed E-state index contributed by atoms with van der Waals surface area (Å²) in [4.78, 5) is 18.3. The van der Waals surface area contributed by atoms with Crippen LogP contribution in [0.5, 0.6) is 0 Å². The Morgan fingerprint density at radius 1 is 1.06 bits per heavy atom. The van der Waals surface area contributed by atoms with Crippen LogP contribution in [0.25, 0.3) is 5.70 Å². The van der Waals surface area contributed by atoms with Gasteiger partial charge in [-0.25, -0.2) is 17.2 Å². The van der Waals surface area contributed by atoms with E-state index >= 15 is 0 Å². The Morgan fingerprint density at radius 2 is 1.67 bits per heavy atom. The van der Waals surface area contributed by atoms with E-state index < -0.39 is 27.6 Å². The second kappa shape index (κ2) is 11.4. The molecule has 2 atom stereocenters. The number of nitrogens with zero attached hydrogens (tertiary/aromatic N) is 3. The fraction of sp³-hybridized carbons (Fsp3) is 0.407. The lowest BCUT2D eigenvalue weighted by Crippen LogP contribution is -2.44. The molecule has 0 radical (unpaired) electrons. The van der Waals surface area contributed by atoms with Gasteiger partial charge in [-0.1, -0.05) is 32.0 Å². The predicted molar refractivity (Wildman–Crippen MR) is 138 cm³/mol. The molecule has 3 rings (SSSR count). The minimum absolute atomic E-state index is 0.180. The molecule has 0 N–H and O–H groups in total. The van der Waals surface area contributed by atoms with Crippen LogP contribution in [0.3, 0.4) is 0 Å². The molecule has 36 heavy (non-hydrogen) atoms. The van der Waals surface area contributed by atoms with E-state index in [1.165, 1.54) is 28.6 Å². The molecule has 9 heteroatoms. The third-order valence-electron chi connectivity index (χ3n) is 6.33. The average Bonchev–Trinajstić information content (AvgIpc) is 2.84. The number of hydrogen-bond acceptors (Lipinski definition) is 5. The Hall–Kier alpha value is -2.91. The van der Waals surface area contributed by atoms with Gasteiger partial charge in [0.25, 0.3) is 0 Å². The topological polar surface area (TPSA) is 70.1 Å². The monoisotopic (exact) mass is 517 g/mol. The molecule has 1 heterocycles. The van der Waals surface area contributed by atoms with E-state index in [0.717, 1.165) is 12.4 Å². The number of carbonyl (C=O) groups is 1. The van der Waals surface area contributed by atoms with Crippen molar-refractivity contribution in [1.29, 1.82) is 0 Å². The zero-order valence-electron chi connectivity index (χ0n) is 21.3. The van der Waals surface area contributed by atoms with Crippen molar-refractivity contribution in [2.75, 3.05) is 20.1 Å². The summed E-state index contributed by atoms with van der Waals surface area (Å²) in [6.45, 7) is 8.25. The van der Waals surface area contributed by atoms with Gasteiger partial charge in [0.15, 0.2) is 0 Å². The van der Waals surface area contributed by atoms with E-state index in [2.05, 4.69) is 4.99 Å². The lowest BCUT2D eigenvalue weighted by molar-refractivity contribution is -0.104. The number of halogens is 2. The third-order valence-corrected chi connectivity index (χ3v) is 8.25. The molecule has 194 valence electrons. The summed E-state index contributed by atoms with van der Waals surface area (Å²) in [5.41, 5.74) is 1.90. The molecule has 2 aromatic rings. The number of sulfonamides is 1. The molecule has 0 saturated carbocycles. The van der Waals surface area contributed by atoms with Crippen molar-refractivity contribution in [3.05, 3.63) is 70.8 Å². The first-order valence-electron chi connectivity index (χ1n) is 12.1. The van der Waals surface area contributed by atoms with Gasteiger partial charge in [0.05, 0.1) is 22.6 Å². The lowest BCUT2D eigenvalue weighted by atomic mass is 9.85. The fourth-order valence-electron chi connectivity index (χ4n) is 4.59. The van der Waals surface area contributed by atoms with Gasteiger partial charge in [0.1, 0.15) is 23.8 Å². The van der Waals surface area contributed by atoms with E-state index in [-0.39, 0.29) is 10.9 Å². The lowest BCUT2D eigenvalue weighted by Gasteiger charge is -2.39. The standard InChI is InChI=1S/C27H33F2N3O3S/c1-6-14-32(15-7-2)36(34,35)22-11-8-20(9-12-22)26(18(3)17-33)31(5)27-25(19(4)30-27)23-13-10-21(28)16-24(23)29/h8-13,16-17,19,25H,6-7,14-15H2,1-5H3. The van der Waals surface area contributed by atoms with E-state index in [9.17, 15) is 22.0 Å². The SMILES string of the molecule is CCCN(CCC)S(=O)(=O)c1ccc(C(=C(C)C=O)N(C)C2=NC(C)C2c2ccc(F)cc2F)cc1. The van der Waals surface area contributed by atoms with Crippen molar-refractivity contribution in [3.8, 4) is 0 Å².